The van der Waals surface area contributed by atoms with Crippen LogP contribution in [0.1, 0.15) is 113 Å². The molecule has 0 atom stereocenters. The average molecular weight is 419 g/mol. The zero-order valence-corrected chi connectivity index (χ0v) is 22.0. The topological polar surface area (TPSA) is 75.7 Å². The SMILES string of the molecule is CC(C)(C)OC(C)(C)C.CCCCCCCCCCCCOS(=O)(=O)[O-].[Na+]. The fourth-order valence-corrected chi connectivity index (χ4v) is 2.99. The van der Waals surface area contributed by atoms with Crippen molar-refractivity contribution in [1.82, 2.24) is 0 Å². The van der Waals surface area contributed by atoms with Crippen molar-refractivity contribution in [3.8, 4) is 0 Å². The molecule has 0 saturated carbocycles. The normalized spacial score (nSPS) is 12.1. The predicted octanol–water partition coefficient (Wildman–Crippen LogP) is 2.99. The second-order valence-corrected chi connectivity index (χ2v) is 9.79. The molecule has 7 heteroatoms. The van der Waals surface area contributed by atoms with E-state index in [-0.39, 0.29) is 47.4 Å². The van der Waals surface area contributed by atoms with E-state index in [0.29, 0.717) is 6.42 Å². The quantitative estimate of drug-likeness (QED) is 0.211. The van der Waals surface area contributed by atoms with Gasteiger partial charge in [-0.2, -0.15) is 0 Å². The summed E-state index contributed by atoms with van der Waals surface area (Å²) in [6.45, 7) is 14.6. The van der Waals surface area contributed by atoms with Crippen molar-refractivity contribution in [3.05, 3.63) is 0 Å². The Bertz CT molecular complexity index is 399. The second-order valence-electron chi connectivity index (χ2n) is 8.74. The molecule has 0 aliphatic carbocycles. The van der Waals surface area contributed by atoms with Crippen molar-refractivity contribution in [1.29, 1.82) is 0 Å². The van der Waals surface area contributed by atoms with E-state index < -0.39 is 10.4 Å². The first-order valence-electron chi connectivity index (χ1n) is 10.1. The smallest absolute Gasteiger partial charge is 0.726 e. The minimum absolute atomic E-state index is 0. The maximum Gasteiger partial charge on any atom is 1.00 e. The maximum atomic E-state index is 10.1. The van der Waals surface area contributed by atoms with Crippen molar-refractivity contribution >= 4 is 10.4 Å². The maximum absolute atomic E-state index is 10.1. The first kappa shape index (κ1) is 32.5. The summed E-state index contributed by atoms with van der Waals surface area (Å²) < 4.78 is 40.1. The van der Waals surface area contributed by atoms with Crippen LogP contribution in [0.5, 0.6) is 0 Å². The van der Waals surface area contributed by atoms with Crippen LogP contribution in [0.2, 0.25) is 0 Å². The molecule has 0 aromatic rings. The van der Waals surface area contributed by atoms with Crippen molar-refractivity contribution in [2.75, 3.05) is 6.61 Å². The summed E-state index contributed by atoms with van der Waals surface area (Å²) in [6.07, 6.45) is 11.7. The molecule has 0 amide bonds. The molecule has 0 bridgehead atoms. The molecular weight excluding hydrogens is 375 g/mol. The molecule has 160 valence electrons. The van der Waals surface area contributed by atoms with E-state index >= 15 is 0 Å². The van der Waals surface area contributed by atoms with Gasteiger partial charge in [0.15, 0.2) is 0 Å². The van der Waals surface area contributed by atoms with Crippen molar-refractivity contribution < 1.29 is 51.4 Å². The molecular formula is C20H43NaO5S. The van der Waals surface area contributed by atoms with Crippen LogP contribution in [0.25, 0.3) is 0 Å². The summed E-state index contributed by atoms with van der Waals surface area (Å²) in [5.41, 5.74) is -0.0312. The van der Waals surface area contributed by atoms with Crippen molar-refractivity contribution in [2.45, 2.75) is 124 Å². The molecule has 0 aliphatic rings. The fourth-order valence-electron chi connectivity index (χ4n) is 2.67. The molecule has 0 aromatic heterocycles. The van der Waals surface area contributed by atoms with E-state index in [0.717, 1.165) is 12.8 Å². The van der Waals surface area contributed by atoms with Gasteiger partial charge < -0.3 is 9.29 Å². The molecule has 0 unspecified atom stereocenters. The summed E-state index contributed by atoms with van der Waals surface area (Å²) in [7, 11) is -4.48. The monoisotopic (exact) mass is 418 g/mol. The Balaban J connectivity index is -0.000000491. The molecule has 5 nitrogen and oxygen atoms in total. The number of hydrogen-bond acceptors (Lipinski definition) is 5. The Morgan fingerprint density at radius 1 is 0.704 bits per heavy atom. The van der Waals surface area contributed by atoms with Gasteiger partial charge in [-0.1, -0.05) is 64.7 Å². The number of ether oxygens (including phenoxy) is 1. The van der Waals surface area contributed by atoms with E-state index in [1.54, 1.807) is 0 Å². The van der Waals surface area contributed by atoms with Gasteiger partial charge in [-0.3, -0.25) is 4.18 Å². The van der Waals surface area contributed by atoms with Crippen LogP contribution in [0.4, 0.5) is 0 Å². The summed E-state index contributed by atoms with van der Waals surface area (Å²) in [5, 5.41) is 0. The van der Waals surface area contributed by atoms with E-state index in [1.807, 2.05) is 0 Å². The molecule has 0 saturated heterocycles. The van der Waals surface area contributed by atoms with Crippen LogP contribution < -0.4 is 29.6 Å². The van der Waals surface area contributed by atoms with Crippen LogP contribution in [0, 0.1) is 0 Å². The third-order valence-corrected chi connectivity index (χ3v) is 3.79. The molecule has 0 radical (unpaired) electrons. The summed E-state index contributed by atoms with van der Waals surface area (Å²) >= 11 is 0. The second kappa shape index (κ2) is 17.7. The molecule has 27 heavy (non-hydrogen) atoms. The third kappa shape index (κ3) is 38.1. The van der Waals surface area contributed by atoms with Gasteiger partial charge in [0, 0.05) is 0 Å². The summed E-state index contributed by atoms with van der Waals surface area (Å²) in [6, 6.07) is 0. The molecule has 0 aromatic carbocycles. The molecule has 0 heterocycles. The van der Waals surface area contributed by atoms with Crippen LogP contribution >= 0.6 is 0 Å². The number of rotatable bonds is 12. The minimum atomic E-state index is -4.48. The molecule has 0 N–H and O–H groups in total. The molecule has 0 spiro atoms. The van der Waals surface area contributed by atoms with Gasteiger partial charge in [0.2, 0.25) is 10.4 Å². The Morgan fingerprint density at radius 2 is 1.04 bits per heavy atom. The standard InChI is InChI=1S/C12H26O4S.C8H18O.Na/c1-2-3-4-5-6-7-8-9-10-11-12-16-17(13,14)15;1-7(2,3)9-8(4,5)6;/h2-12H2,1H3,(H,13,14,15);1-6H3;/q;;+1/p-1. The van der Waals surface area contributed by atoms with Gasteiger partial charge in [0.1, 0.15) is 0 Å². The van der Waals surface area contributed by atoms with Crippen molar-refractivity contribution in [3.63, 3.8) is 0 Å². The zero-order chi connectivity index (χ0) is 20.7. The van der Waals surface area contributed by atoms with Gasteiger partial charge in [-0.05, 0) is 48.0 Å². The summed E-state index contributed by atoms with van der Waals surface area (Å²) in [4.78, 5) is 0. The van der Waals surface area contributed by atoms with Crippen LogP contribution in [-0.2, 0) is 19.3 Å². The average Bonchev–Trinajstić information content (AvgIpc) is 2.40. The van der Waals surface area contributed by atoms with E-state index in [1.165, 1.54) is 44.9 Å². The zero-order valence-electron chi connectivity index (χ0n) is 19.2. The first-order chi connectivity index (χ1) is 11.8. The Kier molecular flexibility index (Phi) is 21.3. The first-order valence-corrected chi connectivity index (χ1v) is 11.4. The van der Waals surface area contributed by atoms with Gasteiger partial charge in [-0.15, -0.1) is 0 Å². The Hall–Kier alpha value is 0.830. The van der Waals surface area contributed by atoms with Crippen LogP contribution in [0.3, 0.4) is 0 Å². The Labute approximate surface area is 191 Å². The van der Waals surface area contributed by atoms with E-state index in [9.17, 15) is 13.0 Å². The van der Waals surface area contributed by atoms with Gasteiger partial charge >= 0.3 is 29.6 Å². The molecule has 0 rings (SSSR count). The minimum Gasteiger partial charge on any atom is -0.726 e. The number of hydrogen-bond donors (Lipinski definition) is 0. The molecule has 0 fully saturated rings. The number of unbranched alkanes of at least 4 members (excludes halogenated alkanes) is 9. The fraction of sp³-hybridized carbons (Fsp3) is 1.00. The predicted molar refractivity (Wildman–Crippen MR) is 108 cm³/mol. The largest absolute Gasteiger partial charge is 1.00 e. The molecule has 0 aliphatic heterocycles. The van der Waals surface area contributed by atoms with Gasteiger partial charge in [-0.25, -0.2) is 8.42 Å². The van der Waals surface area contributed by atoms with Crippen LogP contribution in [-0.4, -0.2) is 30.8 Å². The van der Waals surface area contributed by atoms with Crippen molar-refractivity contribution in [2.24, 2.45) is 0 Å². The van der Waals surface area contributed by atoms with Gasteiger partial charge in [0.25, 0.3) is 0 Å². The van der Waals surface area contributed by atoms with Gasteiger partial charge in [0.05, 0.1) is 17.8 Å². The summed E-state index contributed by atoms with van der Waals surface area (Å²) in [5.74, 6) is 0. The third-order valence-electron chi connectivity index (χ3n) is 3.34. The Morgan fingerprint density at radius 3 is 1.30 bits per heavy atom. The van der Waals surface area contributed by atoms with Crippen LogP contribution in [0.15, 0.2) is 0 Å². The van der Waals surface area contributed by atoms with E-state index in [2.05, 4.69) is 52.6 Å². The van der Waals surface area contributed by atoms with E-state index in [4.69, 9.17) is 4.74 Å².